The highest BCUT2D eigenvalue weighted by Gasteiger charge is 2.20. The fourth-order valence-electron chi connectivity index (χ4n) is 2.47. The third-order valence-electron chi connectivity index (χ3n) is 3.86. The van der Waals surface area contributed by atoms with Crippen LogP contribution in [0.25, 0.3) is 0 Å². The van der Waals surface area contributed by atoms with Crippen molar-refractivity contribution < 1.29 is 19.1 Å². The minimum atomic E-state index is -0.778. The van der Waals surface area contributed by atoms with Gasteiger partial charge in [0.1, 0.15) is 6.29 Å². The molecule has 144 valence electrons. The van der Waals surface area contributed by atoms with Gasteiger partial charge >= 0.3 is 0 Å². The molecule has 27 heavy (non-hydrogen) atoms. The van der Waals surface area contributed by atoms with Gasteiger partial charge in [-0.2, -0.15) is 0 Å². The molecule has 0 radical (unpaired) electrons. The molecule has 0 unspecified atom stereocenters. The van der Waals surface area contributed by atoms with E-state index in [0.717, 1.165) is 11.8 Å². The Labute approximate surface area is 168 Å². The number of hydrogen-bond donors (Lipinski definition) is 1. The Morgan fingerprint density at radius 3 is 2.52 bits per heavy atom. The Morgan fingerprint density at radius 1 is 1.15 bits per heavy atom. The van der Waals surface area contributed by atoms with E-state index in [4.69, 9.17) is 32.7 Å². The highest BCUT2D eigenvalue weighted by Crippen LogP contribution is 2.30. The fraction of sp³-hybridized carbons (Fsp3) is 0.300. The number of carbonyl (C=O) groups is 2. The number of carbonyl (C=O) groups excluding carboxylic acids is 2. The number of hydrogen-bond acceptors (Lipinski definition) is 4. The van der Waals surface area contributed by atoms with Crippen LogP contribution in [0.15, 0.2) is 36.4 Å². The molecule has 0 aromatic heterocycles. The molecule has 0 saturated carbocycles. The number of halogens is 2. The topological polar surface area (TPSA) is 64.6 Å². The van der Waals surface area contributed by atoms with Crippen LogP contribution in [0.3, 0.4) is 0 Å². The van der Waals surface area contributed by atoms with E-state index in [0.29, 0.717) is 33.7 Å². The maximum Gasteiger partial charge on any atom is 0.261 e. The van der Waals surface area contributed by atoms with E-state index < -0.39 is 6.10 Å². The minimum Gasteiger partial charge on any atom is -0.490 e. The SMILES string of the molecule is CCOc1cc(C=O)ccc1O[C@@H](C)C(=O)N[C@H](C)c1ccc(Cl)cc1Cl. The van der Waals surface area contributed by atoms with Crippen LogP contribution in [-0.4, -0.2) is 24.9 Å². The molecule has 0 fully saturated rings. The molecule has 0 bridgehead atoms. The van der Waals surface area contributed by atoms with Crippen LogP contribution >= 0.6 is 23.2 Å². The first-order valence-electron chi connectivity index (χ1n) is 8.49. The number of amides is 1. The Bertz CT molecular complexity index is 826. The quantitative estimate of drug-likeness (QED) is 0.632. The summed E-state index contributed by atoms with van der Waals surface area (Å²) < 4.78 is 11.2. The highest BCUT2D eigenvalue weighted by atomic mass is 35.5. The predicted molar refractivity (Wildman–Crippen MR) is 106 cm³/mol. The summed E-state index contributed by atoms with van der Waals surface area (Å²) in [6.45, 7) is 5.69. The molecular formula is C20H21Cl2NO4. The number of ether oxygens (including phenoxy) is 2. The summed E-state index contributed by atoms with van der Waals surface area (Å²) in [5.74, 6) is 0.494. The third kappa shape index (κ3) is 5.62. The maximum atomic E-state index is 12.5. The van der Waals surface area contributed by atoms with E-state index in [1.165, 1.54) is 0 Å². The van der Waals surface area contributed by atoms with E-state index >= 15 is 0 Å². The van der Waals surface area contributed by atoms with E-state index in [-0.39, 0.29) is 11.9 Å². The number of aldehydes is 1. The lowest BCUT2D eigenvalue weighted by molar-refractivity contribution is -0.127. The van der Waals surface area contributed by atoms with Crippen molar-refractivity contribution in [2.24, 2.45) is 0 Å². The zero-order valence-corrected chi connectivity index (χ0v) is 16.8. The Hall–Kier alpha value is -2.24. The van der Waals surface area contributed by atoms with Crippen LogP contribution in [0.1, 0.15) is 42.7 Å². The van der Waals surface area contributed by atoms with Crippen molar-refractivity contribution in [1.82, 2.24) is 5.32 Å². The normalized spacial score (nSPS) is 12.8. The van der Waals surface area contributed by atoms with Gasteiger partial charge in [-0.05, 0) is 56.7 Å². The first kappa shape index (κ1) is 21.1. The highest BCUT2D eigenvalue weighted by molar-refractivity contribution is 6.35. The first-order chi connectivity index (χ1) is 12.8. The summed E-state index contributed by atoms with van der Waals surface area (Å²) in [5.41, 5.74) is 1.22. The molecule has 0 heterocycles. The van der Waals surface area contributed by atoms with E-state index in [2.05, 4.69) is 5.32 Å². The Kier molecular flexibility index (Phi) is 7.51. The molecule has 0 aliphatic carbocycles. The van der Waals surface area contributed by atoms with Gasteiger partial charge in [0.2, 0.25) is 0 Å². The zero-order valence-electron chi connectivity index (χ0n) is 15.3. The lowest BCUT2D eigenvalue weighted by atomic mass is 10.1. The molecular weight excluding hydrogens is 389 g/mol. The van der Waals surface area contributed by atoms with E-state index in [1.54, 1.807) is 43.3 Å². The second kappa shape index (κ2) is 9.62. The van der Waals surface area contributed by atoms with Crippen LogP contribution in [0.4, 0.5) is 0 Å². The smallest absolute Gasteiger partial charge is 0.261 e. The van der Waals surface area contributed by atoms with Gasteiger partial charge in [-0.3, -0.25) is 9.59 Å². The van der Waals surface area contributed by atoms with Gasteiger partial charge in [0.05, 0.1) is 12.6 Å². The van der Waals surface area contributed by atoms with Crippen molar-refractivity contribution in [2.75, 3.05) is 6.61 Å². The maximum absolute atomic E-state index is 12.5. The zero-order chi connectivity index (χ0) is 20.0. The number of benzene rings is 2. The Balaban J connectivity index is 2.08. The lowest BCUT2D eigenvalue weighted by Gasteiger charge is -2.21. The molecule has 1 amide bonds. The van der Waals surface area contributed by atoms with Gasteiger partial charge < -0.3 is 14.8 Å². The molecule has 2 aromatic rings. The van der Waals surface area contributed by atoms with E-state index in [1.807, 2.05) is 13.8 Å². The van der Waals surface area contributed by atoms with Gasteiger partial charge in [-0.15, -0.1) is 0 Å². The summed E-state index contributed by atoms with van der Waals surface area (Å²) in [6, 6.07) is 9.58. The van der Waals surface area contributed by atoms with E-state index in [9.17, 15) is 9.59 Å². The molecule has 7 heteroatoms. The van der Waals surface area contributed by atoms with Crippen LogP contribution < -0.4 is 14.8 Å². The minimum absolute atomic E-state index is 0.310. The number of rotatable bonds is 8. The van der Waals surface area contributed by atoms with Gasteiger partial charge in [0, 0.05) is 15.6 Å². The summed E-state index contributed by atoms with van der Waals surface area (Å²) in [7, 11) is 0. The van der Waals surface area contributed by atoms with Crippen molar-refractivity contribution in [3.05, 3.63) is 57.6 Å². The Morgan fingerprint density at radius 2 is 1.89 bits per heavy atom. The fourth-order valence-corrected chi connectivity index (χ4v) is 3.04. The average molecular weight is 410 g/mol. The molecule has 5 nitrogen and oxygen atoms in total. The molecule has 0 aliphatic heterocycles. The second-order valence-corrected chi connectivity index (χ2v) is 6.76. The van der Waals surface area contributed by atoms with Gasteiger partial charge in [-0.25, -0.2) is 0 Å². The standard InChI is InChI=1S/C20H21Cl2NO4/c1-4-26-19-9-14(11-24)5-8-18(19)27-13(3)20(25)23-12(2)16-7-6-15(21)10-17(16)22/h5-13H,4H2,1-3H3,(H,23,25)/t12-,13+/m1/s1. The van der Waals surface area contributed by atoms with Crippen LogP contribution in [0.2, 0.25) is 10.0 Å². The molecule has 2 rings (SSSR count). The second-order valence-electron chi connectivity index (χ2n) is 5.91. The van der Waals surface area contributed by atoms with Crippen LogP contribution in [0, 0.1) is 0 Å². The van der Waals surface area contributed by atoms with Gasteiger partial charge in [-0.1, -0.05) is 29.3 Å². The van der Waals surface area contributed by atoms with Crippen molar-refractivity contribution in [3.63, 3.8) is 0 Å². The summed E-state index contributed by atoms with van der Waals surface area (Å²) in [6.07, 6.45) is -0.0558. The van der Waals surface area contributed by atoms with Crippen molar-refractivity contribution in [3.8, 4) is 11.5 Å². The summed E-state index contributed by atoms with van der Waals surface area (Å²) in [5, 5.41) is 3.87. The van der Waals surface area contributed by atoms with Gasteiger partial charge in [0.15, 0.2) is 17.6 Å². The first-order valence-corrected chi connectivity index (χ1v) is 9.25. The van der Waals surface area contributed by atoms with Crippen LogP contribution in [-0.2, 0) is 4.79 Å². The molecule has 1 N–H and O–H groups in total. The predicted octanol–water partition coefficient (Wildman–Crippen LogP) is 4.85. The molecule has 2 aromatic carbocycles. The lowest BCUT2D eigenvalue weighted by Crippen LogP contribution is -2.37. The van der Waals surface area contributed by atoms with Crippen molar-refractivity contribution in [1.29, 1.82) is 0 Å². The summed E-state index contributed by atoms with van der Waals surface area (Å²) >= 11 is 12.1. The summed E-state index contributed by atoms with van der Waals surface area (Å²) in [4.78, 5) is 23.4. The average Bonchev–Trinajstić information content (AvgIpc) is 2.63. The number of nitrogens with one attached hydrogen (secondary N) is 1. The third-order valence-corrected chi connectivity index (χ3v) is 4.43. The van der Waals surface area contributed by atoms with Crippen molar-refractivity contribution >= 4 is 35.4 Å². The van der Waals surface area contributed by atoms with Crippen LogP contribution in [0.5, 0.6) is 11.5 Å². The van der Waals surface area contributed by atoms with Crippen molar-refractivity contribution in [2.45, 2.75) is 32.9 Å². The molecule has 0 saturated heterocycles. The monoisotopic (exact) mass is 409 g/mol. The van der Waals surface area contributed by atoms with Gasteiger partial charge in [0.25, 0.3) is 5.91 Å². The molecule has 0 spiro atoms. The molecule has 0 aliphatic rings. The molecule has 2 atom stereocenters. The largest absolute Gasteiger partial charge is 0.490 e.